The minimum Gasteiger partial charge on any atom is -0.268 e. The number of amides is 1. The third-order valence-corrected chi connectivity index (χ3v) is 6.01. The number of hydrogen-bond acceptors (Lipinski definition) is 3. The number of anilines is 1. The fraction of sp³-hybridized carbons (Fsp3) is 0. The summed E-state index contributed by atoms with van der Waals surface area (Å²) in [7, 11) is -4.08. The molecular formula is C26H20N2O3S. The Morgan fingerprint density at radius 1 is 0.594 bits per heavy atom. The van der Waals surface area contributed by atoms with Gasteiger partial charge in [0.05, 0.1) is 10.6 Å². The van der Waals surface area contributed by atoms with Crippen LogP contribution in [0.4, 0.5) is 5.69 Å². The van der Waals surface area contributed by atoms with Gasteiger partial charge >= 0.3 is 0 Å². The lowest BCUT2D eigenvalue weighted by Gasteiger charge is -2.25. The van der Waals surface area contributed by atoms with Crippen LogP contribution in [-0.4, -0.2) is 20.2 Å². The van der Waals surface area contributed by atoms with E-state index in [-0.39, 0.29) is 16.6 Å². The zero-order valence-electron chi connectivity index (χ0n) is 17.1. The molecule has 4 aromatic carbocycles. The minimum atomic E-state index is -4.08. The van der Waals surface area contributed by atoms with Crippen LogP contribution in [0, 0.1) is 0 Å². The Hall–Kier alpha value is -4.03. The van der Waals surface area contributed by atoms with Crippen molar-refractivity contribution in [1.29, 1.82) is 0 Å². The second-order valence-electron chi connectivity index (χ2n) is 6.91. The van der Waals surface area contributed by atoms with Gasteiger partial charge < -0.3 is 0 Å². The van der Waals surface area contributed by atoms with E-state index < -0.39 is 10.0 Å². The van der Waals surface area contributed by atoms with Crippen LogP contribution >= 0.6 is 0 Å². The average Bonchev–Trinajstić information content (AvgIpc) is 2.86. The van der Waals surface area contributed by atoms with Crippen molar-refractivity contribution in [3.05, 3.63) is 132 Å². The number of para-hydroxylation sites is 1. The molecule has 0 saturated heterocycles. The molecule has 0 atom stereocenters. The van der Waals surface area contributed by atoms with Crippen molar-refractivity contribution >= 4 is 27.5 Å². The standard InChI is InChI=1S/C26H20N2O3S/c29-26(22-15-7-2-8-16-22)28(23-17-9-3-10-18-23)25(21-13-5-1-6-14-21)27-32(30,31)24-19-11-4-12-20-24/h1-20H/b27-25+. The molecule has 4 rings (SSSR count). The quantitative estimate of drug-likeness (QED) is 0.318. The molecule has 0 N–H and O–H groups in total. The number of hydrogen-bond donors (Lipinski definition) is 0. The molecule has 0 aliphatic heterocycles. The summed E-state index contributed by atoms with van der Waals surface area (Å²) in [5.41, 5.74) is 1.42. The zero-order chi connectivity index (χ0) is 22.4. The molecular weight excluding hydrogens is 420 g/mol. The molecule has 0 bridgehead atoms. The van der Waals surface area contributed by atoms with E-state index in [0.717, 1.165) is 0 Å². The van der Waals surface area contributed by atoms with Crippen molar-refractivity contribution in [3.8, 4) is 0 Å². The zero-order valence-corrected chi connectivity index (χ0v) is 17.9. The van der Waals surface area contributed by atoms with Crippen LogP contribution in [0.5, 0.6) is 0 Å². The van der Waals surface area contributed by atoms with Crippen LogP contribution in [0.15, 0.2) is 131 Å². The third-order valence-electron chi connectivity index (χ3n) is 4.73. The first-order chi connectivity index (χ1) is 15.6. The highest BCUT2D eigenvalue weighted by Gasteiger charge is 2.27. The first-order valence-electron chi connectivity index (χ1n) is 9.96. The molecule has 0 aliphatic rings. The summed E-state index contributed by atoms with van der Waals surface area (Å²) in [6, 6.07) is 34.4. The summed E-state index contributed by atoms with van der Waals surface area (Å²) in [5, 5.41) is 0. The second kappa shape index (κ2) is 9.41. The van der Waals surface area contributed by atoms with Crippen molar-refractivity contribution in [3.63, 3.8) is 0 Å². The first kappa shape index (κ1) is 21.2. The minimum absolute atomic E-state index is 0.0227. The van der Waals surface area contributed by atoms with E-state index in [1.807, 2.05) is 18.2 Å². The Labute approximate surface area is 187 Å². The molecule has 6 heteroatoms. The van der Waals surface area contributed by atoms with Crippen molar-refractivity contribution in [2.45, 2.75) is 4.90 Å². The van der Waals surface area contributed by atoms with E-state index >= 15 is 0 Å². The average molecular weight is 441 g/mol. The van der Waals surface area contributed by atoms with Crippen LogP contribution in [0.1, 0.15) is 15.9 Å². The molecule has 0 radical (unpaired) electrons. The van der Waals surface area contributed by atoms with E-state index in [1.54, 1.807) is 91.0 Å². The van der Waals surface area contributed by atoms with Crippen LogP contribution in [0.3, 0.4) is 0 Å². The number of benzene rings is 4. The van der Waals surface area contributed by atoms with E-state index in [4.69, 9.17) is 0 Å². The van der Waals surface area contributed by atoms with E-state index in [9.17, 15) is 13.2 Å². The number of rotatable bonds is 5. The first-order valence-corrected chi connectivity index (χ1v) is 11.4. The number of nitrogens with zero attached hydrogens (tertiary/aromatic N) is 2. The molecule has 0 aromatic heterocycles. The number of amidine groups is 1. The van der Waals surface area contributed by atoms with Gasteiger partial charge in [-0.05, 0) is 36.4 Å². The molecule has 4 aromatic rings. The van der Waals surface area contributed by atoms with Gasteiger partial charge in [0.1, 0.15) is 0 Å². The molecule has 0 aliphatic carbocycles. The van der Waals surface area contributed by atoms with Gasteiger partial charge in [-0.15, -0.1) is 4.40 Å². The molecule has 0 spiro atoms. The van der Waals surface area contributed by atoms with E-state index in [0.29, 0.717) is 16.8 Å². The number of carbonyl (C=O) groups excluding carboxylic acids is 1. The van der Waals surface area contributed by atoms with Crippen LogP contribution in [0.2, 0.25) is 0 Å². The summed E-state index contributed by atoms with van der Waals surface area (Å²) >= 11 is 0. The summed E-state index contributed by atoms with van der Waals surface area (Å²) < 4.78 is 30.5. The van der Waals surface area contributed by atoms with E-state index in [1.165, 1.54) is 17.0 Å². The van der Waals surface area contributed by atoms with Crippen molar-refractivity contribution in [2.24, 2.45) is 4.40 Å². The highest BCUT2D eigenvalue weighted by atomic mass is 32.2. The van der Waals surface area contributed by atoms with Gasteiger partial charge in [-0.2, -0.15) is 8.42 Å². The normalized spacial score (nSPS) is 11.7. The fourth-order valence-electron chi connectivity index (χ4n) is 3.19. The predicted octanol–water partition coefficient (Wildman–Crippen LogP) is 5.17. The van der Waals surface area contributed by atoms with Gasteiger partial charge in [-0.1, -0.05) is 84.9 Å². The van der Waals surface area contributed by atoms with Crippen LogP contribution in [0.25, 0.3) is 0 Å². The maximum Gasteiger partial charge on any atom is 0.284 e. The summed E-state index contributed by atoms with van der Waals surface area (Å²) in [5.74, 6) is -0.364. The smallest absolute Gasteiger partial charge is 0.268 e. The topological polar surface area (TPSA) is 66.8 Å². The SMILES string of the molecule is O=C(c1ccccc1)N(/C(=N/S(=O)(=O)c1ccccc1)c1ccccc1)c1ccccc1. The lowest BCUT2D eigenvalue weighted by atomic mass is 10.1. The van der Waals surface area contributed by atoms with Gasteiger partial charge in [0, 0.05) is 11.1 Å². The van der Waals surface area contributed by atoms with Gasteiger partial charge in [0.2, 0.25) is 0 Å². The molecule has 0 heterocycles. The second-order valence-corrected chi connectivity index (χ2v) is 8.52. The summed E-state index contributed by atoms with van der Waals surface area (Å²) in [6.07, 6.45) is 0. The lowest BCUT2D eigenvalue weighted by Crippen LogP contribution is -2.38. The maximum absolute atomic E-state index is 13.6. The third kappa shape index (κ3) is 4.66. The maximum atomic E-state index is 13.6. The van der Waals surface area contributed by atoms with E-state index in [2.05, 4.69) is 4.40 Å². The number of sulfonamides is 1. The van der Waals surface area contributed by atoms with Crippen LogP contribution in [-0.2, 0) is 10.0 Å². The highest BCUT2D eigenvalue weighted by molar-refractivity contribution is 7.90. The van der Waals surface area contributed by atoms with Crippen LogP contribution < -0.4 is 4.90 Å². The Bertz CT molecular complexity index is 1320. The van der Waals surface area contributed by atoms with Crippen molar-refractivity contribution in [2.75, 3.05) is 4.90 Å². The molecule has 5 nitrogen and oxygen atoms in total. The predicted molar refractivity (Wildman–Crippen MR) is 126 cm³/mol. The molecule has 158 valence electrons. The number of carbonyl (C=O) groups is 1. The van der Waals surface area contributed by atoms with Gasteiger partial charge in [0.25, 0.3) is 15.9 Å². The summed E-state index contributed by atoms with van der Waals surface area (Å²) in [4.78, 5) is 15.0. The summed E-state index contributed by atoms with van der Waals surface area (Å²) in [6.45, 7) is 0. The Morgan fingerprint density at radius 3 is 1.56 bits per heavy atom. The molecule has 1 amide bonds. The molecule has 0 saturated carbocycles. The Balaban J connectivity index is 1.95. The fourth-order valence-corrected chi connectivity index (χ4v) is 4.21. The Kier molecular flexibility index (Phi) is 6.24. The highest BCUT2D eigenvalue weighted by Crippen LogP contribution is 2.23. The van der Waals surface area contributed by atoms with Crippen molar-refractivity contribution < 1.29 is 13.2 Å². The lowest BCUT2D eigenvalue weighted by molar-refractivity contribution is 0.100. The van der Waals surface area contributed by atoms with Gasteiger partial charge in [0.15, 0.2) is 5.84 Å². The molecule has 0 fully saturated rings. The Morgan fingerprint density at radius 2 is 1.03 bits per heavy atom. The van der Waals surface area contributed by atoms with Gasteiger partial charge in [-0.3, -0.25) is 9.69 Å². The van der Waals surface area contributed by atoms with Crippen molar-refractivity contribution in [1.82, 2.24) is 0 Å². The molecule has 32 heavy (non-hydrogen) atoms. The van der Waals surface area contributed by atoms with Gasteiger partial charge in [-0.25, -0.2) is 0 Å². The monoisotopic (exact) mass is 440 g/mol. The largest absolute Gasteiger partial charge is 0.284 e. The molecule has 0 unspecified atom stereocenters.